The zero-order valence-corrected chi connectivity index (χ0v) is 14.2. The highest BCUT2D eigenvalue weighted by atomic mass is 16.2. The third-order valence-corrected chi connectivity index (χ3v) is 3.70. The molecule has 0 spiro atoms. The molecule has 0 aliphatic rings. The van der Waals surface area contributed by atoms with Crippen LogP contribution in [0.2, 0.25) is 0 Å². The molecule has 0 aliphatic carbocycles. The Labute approximate surface area is 146 Å². The van der Waals surface area contributed by atoms with Crippen LogP contribution in [0.3, 0.4) is 0 Å². The molecule has 0 aliphatic heterocycles. The summed E-state index contributed by atoms with van der Waals surface area (Å²) in [5.74, 6) is -0.974. The molecule has 6 heteroatoms. The van der Waals surface area contributed by atoms with Crippen LogP contribution in [0.4, 0.5) is 5.69 Å². The Kier molecular flexibility index (Phi) is 5.89. The predicted molar refractivity (Wildman–Crippen MR) is 95.9 cm³/mol. The van der Waals surface area contributed by atoms with Crippen LogP contribution in [-0.4, -0.2) is 17.7 Å². The predicted octanol–water partition coefficient (Wildman–Crippen LogP) is 2.30. The Hall–Kier alpha value is -3.15. The number of benzene rings is 2. The van der Waals surface area contributed by atoms with E-state index in [4.69, 9.17) is 5.73 Å². The van der Waals surface area contributed by atoms with Gasteiger partial charge < -0.3 is 16.4 Å². The lowest BCUT2D eigenvalue weighted by molar-refractivity contribution is -0.120. The van der Waals surface area contributed by atoms with Crippen LogP contribution in [0.5, 0.6) is 0 Å². The highest BCUT2D eigenvalue weighted by Gasteiger charge is 2.17. The molecule has 4 N–H and O–H groups in total. The van der Waals surface area contributed by atoms with Gasteiger partial charge in [-0.2, -0.15) is 0 Å². The second-order valence-electron chi connectivity index (χ2n) is 5.86. The number of aryl methyl sites for hydroxylation is 1. The van der Waals surface area contributed by atoms with Gasteiger partial charge in [-0.3, -0.25) is 14.4 Å². The number of nitrogens with one attached hydrogen (secondary N) is 2. The van der Waals surface area contributed by atoms with Crippen molar-refractivity contribution in [1.29, 1.82) is 0 Å². The normalized spacial score (nSPS) is 11.4. The molecule has 2 rings (SSSR count). The molecule has 2 aromatic rings. The minimum atomic E-state index is -0.525. The molecular weight excluding hydrogens is 318 g/mol. The topological polar surface area (TPSA) is 101 Å². The van der Waals surface area contributed by atoms with Crippen molar-refractivity contribution < 1.29 is 14.4 Å². The molecule has 130 valence electrons. The van der Waals surface area contributed by atoms with Gasteiger partial charge in [-0.05, 0) is 36.8 Å². The maximum atomic E-state index is 12.3. The van der Waals surface area contributed by atoms with Gasteiger partial charge in [-0.25, -0.2) is 0 Å². The Morgan fingerprint density at radius 3 is 2.12 bits per heavy atom. The first kappa shape index (κ1) is 18.2. The van der Waals surface area contributed by atoms with Crippen molar-refractivity contribution in [2.24, 2.45) is 5.73 Å². The summed E-state index contributed by atoms with van der Waals surface area (Å²) in [6, 6.07) is 13.6. The fourth-order valence-electron chi connectivity index (χ4n) is 2.41. The van der Waals surface area contributed by atoms with Gasteiger partial charge in [0.15, 0.2) is 0 Å². The monoisotopic (exact) mass is 339 g/mol. The molecule has 0 saturated carbocycles. The number of carbonyl (C=O) groups excluding carboxylic acids is 3. The summed E-state index contributed by atoms with van der Waals surface area (Å²) in [7, 11) is 0. The van der Waals surface area contributed by atoms with Crippen LogP contribution in [0.25, 0.3) is 0 Å². The summed E-state index contributed by atoms with van der Waals surface area (Å²) >= 11 is 0. The number of primary amides is 1. The number of anilines is 1. The number of hydrogen-bond donors (Lipinski definition) is 3. The van der Waals surface area contributed by atoms with Crippen LogP contribution >= 0.6 is 0 Å². The Morgan fingerprint density at radius 1 is 1.00 bits per heavy atom. The fraction of sp³-hybridized carbons (Fsp3) is 0.211. The van der Waals surface area contributed by atoms with E-state index in [0.29, 0.717) is 11.3 Å². The van der Waals surface area contributed by atoms with Crippen molar-refractivity contribution in [2.75, 3.05) is 5.32 Å². The molecule has 1 unspecified atom stereocenters. The molecule has 0 bridgehead atoms. The van der Waals surface area contributed by atoms with E-state index in [1.54, 1.807) is 24.3 Å². The molecule has 3 amide bonds. The summed E-state index contributed by atoms with van der Waals surface area (Å²) in [5, 5.41) is 5.55. The van der Waals surface area contributed by atoms with E-state index in [1.807, 2.05) is 31.2 Å². The first-order valence-electron chi connectivity index (χ1n) is 7.88. The second-order valence-corrected chi connectivity index (χ2v) is 5.86. The first-order chi connectivity index (χ1) is 11.8. The Morgan fingerprint density at radius 2 is 1.60 bits per heavy atom. The Balaban J connectivity index is 2.07. The molecule has 6 nitrogen and oxygen atoms in total. The van der Waals surface area contributed by atoms with E-state index < -0.39 is 11.9 Å². The minimum Gasteiger partial charge on any atom is -0.366 e. The van der Waals surface area contributed by atoms with Crippen molar-refractivity contribution in [3.63, 3.8) is 0 Å². The summed E-state index contributed by atoms with van der Waals surface area (Å²) in [6.07, 6.45) is 0.0974. The van der Waals surface area contributed by atoms with E-state index in [0.717, 1.165) is 11.1 Å². The third-order valence-electron chi connectivity index (χ3n) is 3.70. The molecule has 2 aromatic carbocycles. The van der Waals surface area contributed by atoms with E-state index in [9.17, 15) is 14.4 Å². The first-order valence-corrected chi connectivity index (χ1v) is 7.88. The summed E-state index contributed by atoms with van der Waals surface area (Å²) in [6.45, 7) is 3.39. The maximum absolute atomic E-state index is 12.3. The fourth-order valence-corrected chi connectivity index (χ4v) is 2.41. The summed E-state index contributed by atoms with van der Waals surface area (Å²) in [4.78, 5) is 34.8. The van der Waals surface area contributed by atoms with Gasteiger partial charge >= 0.3 is 0 Å². The third kappa shape index (κ3) is 5.46. The average molecular weight is 339 g/mol. The second kappa shape index (κ2) is 8.10. The highest BCUT2D eigenvalue weighted by Crippen LogP contribution is 2.19. The van der Waals surface area contributed by atoms with E-state index in [-0.39, 0.29) is 18.2 Å². The number of amides is 3. The lowest BCUT2D eigenvalue weighted by Crippen LogP contribution is -2.29. The highest BCUT2D eigenvalue weighted by molar-refractivity contribution is 5.95. The SMILES string of the molecule is CC(=O)NC(CC(=O)Nc1ccc(C(N)=O)cc1)c1ccc(C)cc1. The molecule has 0 heterocycles. The van der Waals surface area contributed by atoms with Crippen LogP contribution in [0, 0.1) is 6.92 Å². The van der Waals surface area contributed by atoms with Gasteiger partial charge in [0.2, 0.25) is 17.7 Å². The molecule has 0 fully saturated rings. The standard InChI is InChI=1S/C19H21N3O3/c1-12-3-5-14(6-4-12)17(21-13(2)23)11-18(24)22-16-9-7-15(8-10-16)19(20)25/h3-10,17H,11H2,1-2H3,(H2,20,25)(H,21,23)(H,22,24). The molecule has 25 heavy (non-hydrogen) atoms. The summed E-state index contributed by atoms with van der Waals surface area (Å²) < 4.78 is 0. The molecule has 0 radical (unpaired) electrons. The lowest BCUT2D eigenvalue weighted by Gasteiger charge is -2.18. The molecule has 0 aromatic heterocycles. The molecule has 1 atom stereocenters. The van der Waals surface area contributed by atoms with Gasteiger partial charge in [0, 0.05) is 18.2 Å². The smallest absolute Gasteiger partial charge is 0.248 e. The van der Waals surface area contributed by atoms with Gasteiger partial charge in [-0.1, -0.05) is 29.8 Å². The zero-order valence-electron chi connectivity index (χ0n) is 14.2. The van der Waals surface area contributed by atoms with E-state index in [2.05, 4.69) is 10.6 Å². The van der Waals surface area contributed by atoms with Crippen LogP contribution in [0.1, 0.15) is 40.9 Å². The number of hydrogen-bond acceptors (Lipinski definition) is 3. The lowest BCUT2D eigenvalue weighted by atomic mass is 10.0. The number of carbonyl (C=O) groups is 3. The quantitative estimate of drug-likeness (QED) is 0.752. The number of rotatable bonds is 6. The van der Waals surface area contributed by atoms with Gasteiger partial charge in [0.25, 0.3) is 0 Å². The molecular formula is C19H21N3O3. The largest absolute Gasteiger partial charge is 0.366 e. The van der Waals surface area contributed by atoms with Gasteiger partial charge in [0.1, 0.15) is 0 Å². The zero-order chi connectivity index (χ0) is 18.4. The van der Waals surface area contributed by atoms with Crippen molar-refractivity contribution in [3.8, 4) is 0 Å². The Bertz CT molecular complexity index is 768. The van der Waals surface area contributed by atoms with Crippen molar-refractivity contribution in [3.05, 3.63) is 65.2 Å². The molecule has 0 saturated heterocycles. The van der Waals surface area contributed by atoms with Gasteiger partial charge in [0.05, 0.1) is 12.5 Å². The van der Waals surface area contributed by atoms with E-state index in [1.165, 1.54) is 6.92 Å². The van der Waals surface area contributed by atoms with Crippen LogP contribution in [0.15, 0.2) is 48.5 Å². The van der Waals surface area contributed by atoms with E-state index >= 15 is 0 Å². The average Bonchev–Trinajstić information content (AvgIpc) is 2.55. The maximum Gasteiger partial charge on any atom is 0.248 e. The van der Waals surface area contributed by atoms with Crippen molar-refractivity contribution >= 4 is 23.4 Å². The summed E-state index contributed by atoms with van der Waals surface area (Å²) in [5.41, 5.74) is 8.07. The number of nitrogens with two attached hydrogens (primary N) is 1. The van der Waals surface area contributed by atoms with Crippen LogP contribution in [-0.2, 0) is 9.59 Å². The van der Waals surface area contributed by atoms with Gasteiger partial charge in [-0.15, -0.1) is 0 Å². The van der Waals surface area contributed by atoms with Crippen molar-refractivity contribution in [1.82, 2.24) is 5.32 Å². The van der Waals surface area contributed by atoms with Crippen LogP contribution < -0.4 is 16.4 Å². The minimum absolute atomic E-state index is 0.0974. The van der Waals surface area contributed by atoms with Crippen molar-refractivity contribution in [2.45, 2.75) is 26.3 Å².